The standard InChI is InChI=1S/C48H78O18/c1-21-29(52)32(55)35(58)39(61-21)64-37-34(57)31(54)26(20-50)63-41(37)66-42(60)48-15-13-43(2,3)17-23(48)22-9-10-28-45(6)18-24(51)38(65-40-36(59)33(56)30(53)25(19-49)62-40)44(4,5)27(45)11-12-47(28,8)46(22,7)14-16-48/h9,21,23-41,49-59H,10-20H2,1-8H3/t21-,23-,24+,25+,26+,27-,28+,29-,30+,31+,32+,33-,34-,35+,36+,37+,38-,39-,40-,41-,45-,46+,47+,48-/m0/s1. The molecule has 5 aliphatic carbocycles. The van der Waals surface area contributed by atoms with Crippen LogP contribution in [0.5, 0.6) is 0 Å². The van der Waals surface area contributed by atoms with E-state index in [1.54, 1.807) is 0 Å². The van der Waals surface area contributed by atoms with Gasteiger partial charge in [0.25, 0.3) is 0 Å². The maximum absolute atomic E-state index is 15.2. The van der Waals surface area contributed by atoms with Crippen molar-refractivity contribution in [2.24, 2.45) is 50.2 Å². The lowest BCUT2D eigenvalue weighted by atomic mass is 9.33. The minimum absolute atomic E-state index is 0.0603. The fourth-order valence-corrected chi connectivity index (χ4v) is 15.1. The molecule has 11 N–H and O–H groups in total. The van der Waals surface area contributed by atoms with Crippen LogP contribution in [0, 0.1) is 50.2 Å². The fraction of sp³-hybridized carbons (Fsp3) is 0.938. The summed E-state index contributed by atoms with van der Waals surface area (Å²) in [4.78, 5) is 15.2. The molecule has 0 aromatic rings. The smallest absolute Gasteiger partial charge is 0.315 e. The number of carbonyl (C=O) groups excluding carboxylic acids is 1. The van der Waals surface area contributed by atoms with Crippen molar-refractivity contribution in [1.82, 2.24) is 0 Å². The summed E-state index contributed by atoms with van der Waals surface area (Å²) in [7, 11) is 0. The third-order valence-corrected chi connectivity index (χ3v) is 19.2. The number of hydrogen-bond acceptors (Lipinski definition) is 18. The zero-order valence-electron chi connectivity index (χ0n) is 39.7. The van der Waals surface area contributed by atoms with E-state index < -0.39 is 134 Å². The van der Waals surface area contributed by atoms with Gasteiger partial charge in [-0.05, 0) is 110 Å². The average molecular weight is 943 g/mol. The molecule has 378 valence electrons. The molecule has 0 spiro atoms. The van der Waals surface area contributed by atoms with Gasteiger partial charge in [-0.15, -0.1) is 0 Å². The second kappa shape index (κ2) is 17.7. The largest absolute Gasteiger partial charge is 0.432 e. The highest BCUT2D eigenvalue weighted by atomic mass is 16.8. The van der Waals surface area contributed by atoms with E-state index >= 15 is 4.79 Å². The summed E-state index contributed by atoms with van der Waals surface area (Å²) in [5.74, 6) is -0.629. The van der Waals surface area contributed by atoms with Crippen LogP contribution in [-0.4, -0.2) is 180 Å². The first kappa shape index (κ1) is 50.9. The molecule has 4 saturated carbocycles. The summed E-state index contributed by atoms with van der Waals surface area (Å²) in [5, 5.41) is 118. The third-order valence-electron chi connectivity index (χ3n) is 19.2. The molecule has 8 aliphatic rings. The lowest BCUT2D eigenvalue weighted by molar-refractivity contribution is -0.361. The number of ether oxygens (including phenoxy) is 6. The van der Waals surface area contributed by atoms with Crippen molar-refractivity contribution >= 4 is 5.97 Å². The van der Waals surface area contributed by atoms with E-state index in [0.717, 1.165) is 19.3 Å². The highest BCUT2D eigenvalue weighted by Gasteiger charge is 2.71. The molecular formula is C48H78O18. The molecule has 24 atom stereocenters. The number of carbonyl (C=O) groups is 1. The van der Waals surface area contributed by atoms with Gasteiger partial charge in [-0.3, -0.25) is 4.79 Å². The Labute approximate surface area is 387 Å². The number of aliphatic hydroxyl groups excluding tert-OH is 11. The van der Waals surface area contributed by atoms with Crippen LogP contribution < -0.4 is 0 Å². The summed E-state index contributed by atoms with van der Waals surface area (Å²) in [6.45, 7) is 15.7. The average Bonchev–Trinajstić information content (AvgIpc) is 3.25. The number of allylic oxidation sites excluding steroid dienone is 2. The van der Waals surface area contributed by atoms with Crippen molar-refractivity contribution in [3.05, 3.63) is 11.6 Å². The van der Waals surface area contributed by atoms with Gasteiger partial charge in [-0.1, -0.05) is 60.1 Å². The molecule has 3 saturated heterocycles. The molecule has 0 bridgehead atoms. The molecule has 18 heteroatoms. The van der Waals surface area contributed by atoms with Crippen LogP contribution in [0.3, 0.4) is 0 Å². The Morgan fingerprint density at radius 1 is 0.652 bits per heavy atom. The third kappa shape index (κ3) is 7.78. The molecule has 3 heterocycles. The van der Waals surface area contributed by atoms with Crippen molar-refractivity contribution in [1.29, 1.82) is 0 Å². The topological polar surface area (TPSA) is 295 Å². The van der Waals surface area contributed by atoms with E-state index in [4.69, 9.17) is 28.4 Å². The Morgan fingerprint density at radius 2 is 1.23 bits per heavy atom. The molecular weight excluding hydrogens is 865 g/mol. The van der Waals surface area contributed by atoms with E-state index in [0.29, 0.717) is 38.5 Å². The maximum atomic E-state index is 15.2. The first-order valence-electron chi connectivity index (χ1n) is 24.3. The minimum atomic E-state index is -1.77. The van der Waals surface area contributed by atoms with Gasteiger partial charge in [0.2, 0.25) is 6.29 Å². The molecule has 0 unspecified atom stereocenters. The van der Waals surface area contributed by atoms with Crippen LogP contribution in [0.4, 0.5) is 0 Å². The van der Waals surface area contributed by atoms with Gasteiger partial charge in [0.1, 0.15) is 61.0 Å². The molecule has 3 aliphatic heterocycles. The van der Waals surface area contributed by atoms with Gasteiger partial charge < -0.3 is 84.6 Å². The SMILES string of the molecule is C[C@@H]1O[C@@H](O[C@H]2[C@H](OC(=O)[C@]34CCC(C)(C)C[C@H]3C3=CC[C@@H]5[C@@]6(C)C[C@@H](O)[C@H](O[C@@H]7O[C@H](CO)[C@@H](O)[C@H](O)[C@H]7O)C(C)(C)[C@@H]6CC[C@@]5(C)[C@]3(C)CC4)O[C@H](CO)[C@@H](O)[C@@H]2O)[C@H](O)[C@H](O)[C@H]1O. The van der Waals surface area contributed by atoms with E-state index in [1.165, 1.54) is 12.5 Å². The van der Waals surface area contributed by atoms with Crippen molar-refractivity contribution in [2.45, 2.75) is 218 Å². The zero-order chi connectivity index (χ0) is 48.4. The van der Waals surface area contributed by atoms with Crippen molar-refractivity contribution in [3.63, 3.8) is 0 Å². The first-order valence-corrected chi connectivity index (χ1v) is 24.3. The normalized spacial score (nSPS) is 54.4. The molecule has 0 amide bonds. The van der Waals surface area contributed by atoms with Gasteiger partial charge in [-0.25, -0.2) is 0 Å². The lowest BCUT2D eigenvalue weighted by Crippen LogP contribution is -2.68. The number of fused-ring (bicyclic) bond motifs is 7. The summed E-state index contributed by atoms with van der Waals surface area (Å²) in [5.41, 5.74) is -1.58. The number of aliphatic hydroxyl groups is 11. The van der Waals surface area contributed by atoms with Crippen LogP contribution in [0.25, 0.3) is 0 Å². The molecule has 18 nitrogen and oxygen atoms in total. The summed E-state index contributed by atoms with van der Waals surface area (Å²) >= 11 is 0. The highest BCUT2D eigenvalue weighted by molar-refractivity contribution is 5.79. The summed E-state index contributed by atoms with van der Waals surface area (Å²) in [6.07, 6.45) is -16.4. The molecule has 0 aromatic heterocycles. The van der Waals surface area contributed by atoms with Gasteiger partial charge in [0, 0.05) is 0 Å². The van der Waals surface area contributed by atoms with Crippen LogP contribution in [0.2, 0.25) is 0 Å². The van der Waals surface area contributed by atoms with Crippen molar-refractivity contribution < 1.29 is 89.4 Å². The molecule has 66 heavy (non-hydrogen) atoms. The van der Waals surface area contributed by atoms with E-state index in [9.17, 15) is 56.2 Å². The second-order valence-corrected chi connectivity index (χ2v) is 23.6. The predicted molar refractivity (Wildman–Crippen MR) is 230 cm³/mol. The van der Waals surface area contributed by atoms with Gasteiger partial charge in [0.05, 0.1) is 36.9 Å². The van der Waals surface area contributed by atoms with Crippen LogP contribution in [0.1, 0.15) is 113 Å². The summed E-state index contributed by atoms with van der Waals surface area (Å²) < 4.78 is 36.0. The van der Waals surface area contributed by atoms with Crippen LogP contribution in [-0.2, 0) is 33.2 Å². The van der Waals surface area contributed by atoms with Gasteiger partial charge >= 0.3 is 5.97 Å². The predicted octanol–water partition coefficient (Wildman–Crippen LogP) is 0.139. The summed E-state index contributed by atoms with van der Waals surface area (Å²) in [6, 6.07) is 0. The first-order chi connectivity index (χ1) is 30.7. The molecule has 7 fully saturated rings. The minimum Gasteiger partial charge on any atom is -0.432 e. The highest BCUT2D eigenvalue weighted by Crippen LogP contribution is 2.76. The quantitative estimate of drug-likeness (QED) is 0.0877. The Morgan fingerprint density at radius 3 is 1.86 bits per heavy atom. The Hall–Kier alpha value is -1.43. The Balaban J connectivity index is 1.07. The maximum Gasteiger partial charge on any atom is 0.315 e. The monoisotopic (exact) mass is 943 g/mol. The van der Waals surface area contributed by atoms with E-state index in [-0.39, 0.29) is 39.4 Å². The van der Waals surface area contributed by atoms with E-state index in [1.807, 2.05) is 0 Å². The molecule has 0 radical (unpaired) electrons. The molecule has 8 rings (SSSR count). The van der Waals surface area contributed by atoms with Crippen LogP contribution >= 0.6 is 0 Å². The number of hydrogen-bond donors (Lipinski definition) is 11. The van der Waals surface area contributed by atoms with Crippen LogP contribution in [0.15, 0.2) is 11.6 Å². The number of rotatable bonds is 8. The lowest BCUT2D eigenvalue weighted by Gasteiger charge is -2.71. The second-order valence-electron chi connectivity index (χ2n) is 23.6. The zero-order valence-corrected chi connectivity index (χ0v) is 39.7. The fourth-order valence-electron chi connectivity index (χ4n) is 15.1. The Kier molecular flexibility index (Phi) is 13.7. The molecule has 0 aromatic carbocycles. The van der Waals surface area contributed by atoms with Gasteiger partial charge in [0.15, 0.2) is 18.7 Å². The van der Waals surface area contributed by atoms with Crippen molar-refractivity contribution in [3.8, 4) is 0 Å². The Bertz CT molecular complexity index is 1810. The van der Waals surface area contributed by atoms with E-state index in [2.05, 4.69) is 54.5 Å². The number of esters is 1. The van der Waals surface area contributed by atoms with Crippen molar-refractivity contribution in [2.75, 3.05) is 13.2 Å². The van der Waals surface area contributed by atoms with Gasteiger partial charge in [-0.2, -0.15) is 0 Å².